The zero-order valence-corrected chi connectivity index (χ0v) is 10.9. The lowest BCUT2D eigenvalue weighted by Crippen LogP contribution is -2.73. The number of carbonyl (C=O) groups excluding carboxylic acids is 3. The number of likely N-dealkylation sites (tertiary alicyclic amines) is 1. The fourth-order valence-corrected chi connectivity index (χ4v) is 2.02. The number of likely N-dealkylation sites (N-methyl/N-ethyl adjacent to an activating group) is 1. The number of nitrogens with zero attached hydrogens (tertiary/aromatic N) is 1. The molecule has 106 valence electrons. The third kappa shape index (κ3) is 2.71. The first-order valence-corrected chi connectivity index (χ1v) is 6.04. The largest absolute Gasteiger partial charge is 0.445 e. The molecule has 1 saturated heterocycles. The number of hydrogen-bond acceptors (Lipinski definition) is 4. The Kier molecular flexibility index (Phi) is 3.88. The first-order chi connectivity index (χ1) is 9.50. The van der Waals surface area contributed by atoms with Gasteiger partial charge >= 0.3 is 6.09 Å². The third-order valence-electron chi connectivity index (χ3n) is 3.12. The van der Waals surface area contributed by atoms with Gasteiger partial charge in [0.15, 0.2) is 0 Å². The SMILES string of the molecule is CN1C(=O)[C@H](NC(=O)OCc2ccccc2)[C@@H]1C(N)=O. The van der Waals surface area contributed by atoms with Crippen LogP contribution in [0.15, 0.2) is 30.3 Å². The van der Waals surface area contributed by atoms with Gasteiger partial charge in [0.05, 0.1) is 0 Å². The maximum Gasteiger partial charge on any atom is 0.408 e. The fourth-order valence-electron chi connectivity index (χ4n) is 2.02. The van der Waals surface area contributed by atoms with Crippen molar-refractivity contribution in [3.63, 3.8) is 0 Å². The highest BCUT2D eigenvalue weighted by molar-refractivity contribution is 6.02. The number of carbonyl (C=O) groups is 3. The second-order valence-electron chi connectivity index (χ2n) is 4.48. The van der Waals surface area contributed by atoms with Crippen molar-refractivity contribution in [2.45, 2.75) is 18.7 Å². The lowest BCUT2D eigenvalue weighted by atomic mass is 9.96. The van der Waals surface area contributed by atoms with Crippen molar-refractivity contribution in [3.8, 4) is 0 Å². The molecular formula is C13H15N3O4. The average Bonchev–Trinajstić information content (AvgIpc) is 2.44. The number of primary amides is 1. The summed E-state index contributed by atoms with van der Waals surface area (Å²) in [6, 6.07) is 7.34. The molecule has 7 heteroatoms. The molecule has 1 aromatic rings. The first kappa shape index (κ1) is 13.9. The number of hydrogen-bond donors (Lipinski definition) is 2. The van der Waals surface area contributed by atoms with Crippen LogP contribution in [0.25, 0.3) is 0 Å². The molecule has 3 N–H and O–H groups in total. The smallest absolute Gasteiger partial charge is 0.408 e. The topological polar surface area (TPSA) is 102 Å². The molecule has 0 bridgehead atoms. The fraction of sp³-hybridized carbons (Fsp3) is 0.308. The molecule has 0 aromatic heterocycles. The van der Waals surface area contributed by atoms with Crippen molar-refractivity contribution in [1.29, 1.82) is 0 Å². The molecule has 1 aromatic carbocycles. The van der Waals surface area contributed by atoms with Gasteiger partial charge in [-0.1, -0.05) is 30.3 Å². The Hall–Kier alpha value is -2.57. The Morgan fingerprint density at radius 1 is 1.35 bits per heavy atom. The van der Waals surface area contributed by atoms with E-state index >= 15 is 0 Å². The summed E-state index contributed by atoms with van der Waals surface area (Å²) < 4.78 is 4.97. The van der Waals surface area contributed by atoms with Gasteiger partial charge in [-0.2, -0.15) is 0 Å². The molecule has 20 heavy (non-hydrogen) atoms. The van der Waals surface area contributed by atoms with Crippen molar-refractivity contribution in [3.05, 3.63) is 35.9 Å². The van der Waals surface area contributed by atoms with Crippen LogP contribution in [0.5, 0.6) is 0 Å². The van der Waals surface area contributed by atoms with Crippen LogP contribution in [0.2, 0.25) is 0 Å². The molecule has 1 aliphatic heterocycles. The molecule has 1 fully saturated rings. The van der Waals surface area contributed by atoms with Crippen molar-refractivity contribution < 1.29 is 19.1 Å². The summed E-state index contributed by atoms with van der Waals surface area (Å²) in [5.41, 5.74) is 5.98. The Bertz CT molecular complexity index is 532. The predicted octanol–water partition coefficient (Wildman–Crippen LogP) is -0.393. The van der Waals surface area contributed by atoms with E-state index in [9.17, 15) is 14.4 Å². The highest BCUT2D eigenvalue weighted by atomic mass is 16.5. The summed E-state index contributed by atoms with van der Waals surface area (Å²) in [5.74, 6) is -1.04. The minimum atomic E-state index is -0.944. The van der Waals surface area contributed by atoms with Crippen LogP contribution in [0, 0.1) is 0 Å². The van der Waals surface area contributed by atoms with Gasteiger partial charge in [-0.3, -0.25) is 9.59 Å². The maximum absolute atomic E-state index is 11.6. The molecule has 2 atom stereocenters. The number of nitrogens with one attached hydrogen (secondary N) is 1. The Morgan fingerprint density at radius 2 is 2.00 bits per heavy atom. The molecule has 0 aliphatic carbocycles. The monoisotopic (exact) mass is 277 g/mol. The van der Waals surface area contributed by atoms with Crippen LogP contribution < -0.4 is 11.1 Å². The molecule has 3 amide bonds. The predicted molar refractivity (Wildman–Crippen MR) is 69.3 cm³/mol. The van der Waals surface area contributed by atoms with E-state index in [4.69, 9.17) is 10.5 Å². The summed E-state index contributed by atoms with van der Waals surface area (Å²) in [4.78, 5) is 35.4. The van der Waals surface area contributed by atoms with Crippen LogP contribution in [0.4, 0.5) is 4.79 Å². The van der Waals surface area contributed by atoms with Gasteiger partial charge < -0.3 is 20.7 Å². The number of ether oxygens (including phenoxy) is 1. The van der Waals surface area contributed by atoms with E-state index in [1.165, 1.54) is 11.9 Å². The number of benzene rings is 1. The highest BCUT2D eigenvalue weighted by Gasteiger charge is 2.49. The summed E-state index contributed by atoms with van der Waals surface area (Å²) in [7, 11) is 1.45. The van der Waals surface area contributed by atoms with Crippen molar-refractivity contribution in [2.24, 2.45) is 5.73 Å². The standard InChI is InChI=1S/C13H15N3O4/c1-16-10(11(14)17)9(12(16)18)15-13(19)20-7-8-5-3-2-4-6-8/h2-6,9-10H,7H2,1H3,(H2,14,17)(H,15,19)/t9-,10-/m1/s1. The van der Waals surface area contributed by atoms with Gasteiger partial charge in [0.25, 0.3) is 0 Å². The van der Waals surface area contributed by atoms with Gasteiger partial charge in [0, 0.05) is 7.05 Å². The minimum Gasteiger partial charge on any atom is -0.445 e. The normalized spacial score (nSPS) is 21.1. The molecule has 0 radical (unpaired) electrons. The quantitative estimate of drug-likeness (QED) is 0.731. The van der Waals surface area contributed by atoms with E-state index in [0.717, 1.165) is 5.56 Å². The molecule has 1 aliphatic rings. The molecular weight excluding hydrogens is 262 g/mol. The zero-order valence-electron chi connectivity index (χ0n) is 10.9. The summed E-state index contributed by atoms with van der Waals surface area (Å²) in [6.07, 6.45) is -0.758. The van der Waals surface area contributed by atoms with Crippen molar-refractivity contribution in [2.75, 3.05) is 7.05 Å². The van der Waals surface area contributed by atoms with Crippen LogP contribution in [-0.2, 0) is 20.9 Å². The zero-order chi connectivity index (χ0) is 14.7. The van der Waals surface area contributed by atoms with Gasteiger partial charge in [-0.05, 0) is 5.56 Å². The van der Waals surface area contributed by atoms with Gasteiger partial charge in [0.1, 0.15) is 18.7 Å². The number of rotatable bonds is 4. The van der Waals surface area contributed by atoms with E-state index in [1.807, 2.05) is 30.3 Å². The second kappa shape index (κ2) is 5.60. The molecule has 2 rings (SSSR count). The van der Waals surface area contributed by atoms with E-state index in [-0.39, 0.29) is 12.5 Å². The van der Waals surface area contributed by atoms with E-state index < -0.39 is 24.1 Å². The lowest BCUT2D eigenvalue weighted by Gasteiger charge is -2.42. The third-order valence-corrected chi connectivity index (χ3v) is 3.12. The van der Waals surface area contributed by atoms with Crippen molar-refractivity contribution in [1.82, 2.24) is 10.2 Å². The molecule has 0 unspecified atom stereocenters. The van der Waals surface area contributed by atoms with Crippen LogP contribution in [0.3, 0.4) is 0 Å². The number of alkyl carbamates (subject to hydrolysis) is 1. The number of β-lactam (4-membered cyclic amide) rings is 1. The Labute approximate surface area is 115 Å². The van der Waals surface area contributed by atoms with E-state index in [2.05, 4.69) is 5.32 Å². The van der Waals surface area contributed by atoms with Gasteiger partial charge in [-0.15, -0.1) is 0 Å². The summed E-state index contributed by atoms with van der Waals surface area (Å²) in [5, 5.41) is 2.35. The summed E-state index contributed by atoms with van der Waals surface area (Å²) >= 11 is 0. The minimum absolute atomic E-state index is 0.0880. The number of amides is 3. The molecule has 7 nitrogen and oxygen atoms in total. The number of nitrogens with two attached hydrogens (primary N) is 1. The van der Waals surface area contributed by atoms with Crippen LogP contribution in [-0.4, -0.2) is 41.9 Å². The Balaban J connectivity index is 1.86. The molecule has 1 heterocycles. The summed E-state index contributed by atoms with van der Waals surface area (Å²) in [6.45, 7) is 0.0880. The van der Waals surface area contributed by atoms with E-state index in [1.54, 1.807) is 0 Å². The highest BCUT2D eigenvalue weighted by Crippen LogP contribution is 2.17. The molecule has 0 saturated carbocycles. The second-order valence-corrected chi connectivity index (χ2v) is 4.48. The van der Waals surface area contributed by atoms with Crippen molar-refractivity contribution >= 4 is 17.9 Å². The maximum atomic E-state index is 11.6. The van der Waals surface area contributed by atoms with Crippen LogP contribution in [0.1, 0.15) is 5.56 Å². The van der Waals surface area contributed by atoms with Gasteiger partial charge in [0.2, 0.25) is 11.8 Å². The van der Waals surface area contributed by atoms with E-state index in [0.29, 0.717) is 0 Å². The molecule has 0 spiro atoms. The average molecular weight is 277 g/mol. The first-order valence-electron chi connectivity index (χ1n) is 6.04. The Morgan fingerprint density at radius 3 is 2.60 bits per heavy atom. The van der Waals surface area contributed by atoms with Gasteiger partial charge in [-0.25, -0.2) is 4.79 Å². The lowest BCUT2D eigenvalue weighted by molar-refractivity contribution is -0.154. The van der Waals surface area contributed by atoms with Crippen LogP contribution >= 0.6 is 0 Å².